The topological polar surface area (TPSA) is 78.7 Å². The molecule has 6 nitrogen and oxygen atoms in total. The number of esters is 1. The van der Waals surface area contributed by atoms with Gasteiger partial charge in [0.15, 0.2) is 0 Å². The smallest absolute Gasteiger partial charge is 0.413 e. The zero-order valence-corrected chi connectivity index (χ0v) is 6.98. The first-order valence-electron chi connectivity index (χ1n) is 3.55. The highest BCUT2D eigenvalue weighted by Gasteiger charge is 2.31. The van der Waals surface area contributed by atoms with Crippen LogP contribution >= 0.6 is 0 Å². The third kappa shape index (κ3) is 3.29. The van der Waals surface area contributed by atoms with Crippen molar-refractivity contribution in [2.75, 3.05) is 13.2 Å². The minimum Gasteiger partial charge on any atom is -0.459 e. The maximum absolute atomic E-state index is 10.8. The number of nitrogens with zero attached hydrogens (tertiary/aromatic N) is 1. The molecule has 0 aliphatic rings. The Morgan fingerprint density at radius 3 is 2.42 bits per heavy atom. The van der Waals surface area contributed by atoms with E-state index in [9.17, 15) is 14.9 Å². The number of hydrogen-bond acceptors (Lipinski definition) is 5. The van der Waals surface area contributed by atoms with Crippen LogP contribution in [0.3, 0.4) is 0 Å². The van der Waals surface area contributed by atoms with Gasteiger partial charge in [0, 0.05) is 0 Å². The molecule has 0 spiro atoms. The number of hydrogen-bond donors (Lipinski definition) is 0. The van der Waals surface area contributed by atoms with Gasteiger partial charge in [0.25, 0.3) is 0 Å². The number of rotatable bonds is 5. The molecular formula is C6H11NO5. The van der Waals surface area contributed by atoms with Crippen LogP contribution < -0.4 is 0 Å². The first-order chi connectivity index (χ1) is 5.63. The second-order valence-corrected chi connectivity index (χ2v) is 1.85. The lowest BCUT2D eigenvalue weighted by molar-refractivity contribution is -0.561. The third-order valence-electron chi connectivity index (χ3n) is 1.00. The number of carbonyl (C=O) groups is 1. The molecule has 70 valence electrons. The second-order valence-electron chi connectivity index (χ2n) is 1.85. The zero-order valence-electron chi connectivity index (χ0n) is 6.98. The summed E-state index contributed by atoms with van der Waals surface area (Å²) in [4.78, 5) is 20.2. The van der Waals surface area contributed by atoms with E-state index in [0.29, 0.717) is 0 Å². The Balaban J connectivity index is 4.09. The molecule has 12 heavy (non-hydrogen) atoms. The van der Waals surface area contributed by atoms with E-state index >= 15 is 0 Å². The number of nitro groups is 1. The van der Waals surface area contributed by atoms with Crippen LogP contribution in [0.2, 0.25) is 0 Å². The second kappa shape index (κ2) is 5.48. The van der Waals surface area contributed by atoms with Crippen LogP contribution in [0, 0.1) is 10.1 Å². The summed E-state index contributed by atoms with van der Waals surface area (Å²) in [6.07, 6.45) is -1.69. The van der Waals surface area contributed by atoms with Crippen LogP contribution in [-0.2, 0) is 14.3 Å². The van der Waals surface area contributed by atoms with Gasteiger partial charge in [0.1, 0.15) is 0 Å². The van der Waals surface area contributed by atoms with Gasteiger partial charge in [-0.2, -0.15) is 0 Å². The van der Waals surface area contributed by atoms with Gasteiger partial charge in [0.2, 0.25) is 0 Å². The number of carbonyl (C=O) groups excluding carboxylic acids is 1. The molecule has 6 heteroatoms. The van der Waals surface area contributed by atoms with Crippen molar-refractivity contribution in [1.29, 1.82) is 0 Å². The van der Waals surface area contributed by atoms with E-state index < -0.39 is 17.1 Å². The van der Waals surface area contributed by atoms with E-state index in [-0.39, 0.29) is 13.2 Å². The predicted molar refractivity (Wildman–Crippen MR) is 39.0 cm³/mol. The summed E-state index contributed by atoms with van der Waals surface area (Å²) in [7, 11) is 0. The van der Waals surface area contributed by atoms with Crippen LogP contribution in [0.1, 0.15) is 13.8 Å². The quantitative estimate of drug-likeness (QED) is 0.259. The fourth-order valence-corrected chi connectivity index (χ4v) is 0.586. The monoisotopic (exact) mass is 177 g/mol. The standard InChI is InChI=1S/C6H11NO5/c1-3-11-5(7(9)10)6(8)12-4-2/h5H,3-4H2,1-2H3. The van der Waals surface area contributed by atoms with Gasteiger partial charge in [-0.15, -0.1) is 0 Å². The maximum atomic E-state index is 10.8. The van der Waals surface area contributed by atoms with Crippen molar-refractivity contribution in [3.63, 3.8) is 0 Å². The van der Waals surface area contributed by atoms with E-state index in [4.69, 9.17) is 0 Å². The Labute approximate surface area is 69.6 Å². The highest BCUT2D eigenvalue weighted by molar-refractivity contribution is 5.72. The Morgan fingerprint density at radius 1 is 1.50 bits per heavy atom. The van der Waals surface area contributed by atoms with E-state index in [2.05, 4.69) is 9.47 Å². The Hall–Kier alpha value is -1.17. The lowest BCUT2D eigenvalue weighted by atomic mass is 10.6. The fourth-order valence-electron chi connectivity index (χ4n) is 0.586. The molecule has 0 bridgehead atoms. The van der Waals surface area contributed by atoms with Gasteiger partial charge < -0.3 is 9.47 Å². The molecule has 0 aromatic heterocycles. The van der Waals surface area contributed by atoms with Crippen molar-refractivity contribution in [3.8, 4) is 0 Å². The Morgan fingerprint density at radius 2 is 2.08 bits per heavy atom. The summed E-state index contributed by atoms with van der Waals surface area (Å²) in [5.74, 6) is -0.954. The van der Waals surface area contributed by atoms with Crippen LogP contribution in [-0.4, -0.2) is 30.3 Å². The SMILES string of the molecule is CCOC(=O)C(OCC)[N+](=O)[O-]. The fraction of sp³-hybridized carbons (Fsp3) is 0.833. The van der Waals surface area contributed by atoms with Gasteiger partial charge in [-0.1, -0.05) is 0 Å². The lowest BCUT2D eigenvalue weighted by Gasteiger charge is -2.06. The van der Waals surface area contributed by atoms with E-state index in [0.717, 1.165) is 0 Å². The first-order valence-corrected chi connectivity index (χ1v) is 3.55. The Kier molecular flexibility index (Phi) is 4.94. The van der Waals surface area contributed by atoms with Gasteiger partial charge in [-0.05, 0) is 13.8 Å². The minimum absolute atomic E-state index is 0.102. The van der Waals surface area contributed by atoms with Crippen molar-refractivity contribution >= 4 is 5.97 Å². The average molecular weight is 177 g/mol. The molecule has 0 heterocycles. The molecule has 0 fully saturated rings. The summed E-state index contributed by atoms with van der Waals surface area (Å²) in [5.41, 5.74) is 0. The predicted octanol–water partition coefficient (Wildman–Crippen LogP) is 0.189. The van der Waals surface area contributed by atoms with Crippen LogP contribution in [0.25, 0.3) is 0 Å². The first kappa shape index (κ1) is 10.8. The van der Waals surface area contributed by atoms with Crippen LogP contribution in [0.15, 0.2) is 0 Å². The molecule has 0 saturated heterocycles. The van der Waals surface area contributed by atoms with Crippen molar-refractivity contribution in [2.24, 2.45) is 0 Å². The molecule has 1 atom stereocenters. The van der Waals surface area contributed by atoms with Crippen LogP contribution in [0.5, 0.6) is 0 Å². The van der Waals surface area contributed by atoms with Gasteiger partial charge in [-0.3, -0.25) is 10.1 Å². The van der Waals surface area contributed by atoms with Crippen molar-refractivity contribution < 1.29 is 19.2 Å². The molecule has 0 aromatic rings. The molecule has 0 aliphatic heterocycles. The van der Waals surface area contributed by atoms with E-state index in [1.54, 1.807) is 13.8 Å². The van der Waals surface area contributed by atoms with Crippen molar-refractivity contribution in [3.05, 3.63) is 10.1 Å². The summed E-state index contributed by atoms with van der Waals surface area (Å²) in [6, 6.07) is 0. The lowest BCUT2D eigenvalue weighted by Crippen LogP contribution is -2.34. The largest absolute Gasteiger partial charge is 0.459 e. The molecule has 0 aromatic carbocycles. The average Bonchev–Trinajstić information content (AvgIpc) is 1.99. The summed E-state index contributed by atoms with van der Waals surface area (Å²) < 4.78 is 8.96. The highest BCUT2D eigenvalue weighted by Crippen LogP contribution is 1.96. The zero-order chi connectivity index (χ0) is 9.56. The molecule has 1 unspecified atom stereocenters. The maximum Gasteiger partial charge on any atom is 0.413 e. The summed E-state index contributed by atoms with van der Waals surface area (Å²) >= 11 is 0. The highest BCUT2D eigenvalue weighted by atomic mass is 16.7. The summed E-state index contributed by atoms with van der Waals surface area (Å²) in [5, 5.41) is 10.2. The third-order valence-corrected chi connectivity index (χ3v) is 1.00. The molecule has 0 rings (SSSR count). The van der Waals surface area contributed by atoms with Crippen LogP contribution in [0.4, 0.5) is 0 Å². The van der Waals surface area contributed by atoms with Crippen molar-refractivity contribution in [1.82, 2.24) is 0 Å². The minimum atomic E-state index is -1.69. The molecule has 0 saturated carbocycles. The molecule has 0 amide bonds. The molecule has 0 N–H and O–H groups in total. The molecule has 0 radical (unpaired) electrons. The van der Waals surface area contributed by atoms with Gasteiger partial charge >= 0.3 is 12.2 Å². The Bertz CT molecular complexity index is 169. The number of ether oxygens (including phenoxy) is 2. The van der Waals surface area contributed by atoms with Gasteiger partial charge in [0.05, 0.1) is 18.1 Å². The summed E-state index contributed by atoms with van der Waals surface area (Å²) in [6.45, 7) is 3.34. The molecular weight excluding hydrogens is 166 g/mol. The van der Waals surface area contributed by atoms with Crippen molar-refractivity contribution in [2.45, 2.75) is 20.1 Å². The molecule has 0 aliphatic carbocycles. The van der Waals surface area contributed by atoms with E-state index in [1.165, 1.54) is 0 Å². The van der Waals surface area contributed by atoms with Gasteiger partial charge in [-0.25, -0.2) is 4.79 Å². The normalized spacial score (nSPS) is 12.2. The van der Waals surface area contributed by atoms with E-state index in [1.807, 2.05) is 0 Å².